The van der Waals surface area contributed by atoms with Gasteiger partial charge in [0.15, 0.2) is 0 Å². The molecule has 138 valence electrons. The molecule has 0 atom stereocenters. The predicted octanol–water partition coefficient (Wildman–Crippen LogP) is 4.69. The number of anilines is 2. The second-order valence-corrected chi connectivity index (χ2v) is 6.24. The molecule has 0 aliphatic heterocycles. The highest BCUT2D eigenvalue weighted by molar-refractivity contribution is 6.04. The number of nitrogens with zero attached hydrogens (tertiary/aromatic N) is 1. The molecule has 4 nitrogen and oxygen atoms in total. The van der Waals surface area contributed by atoms with Crippen LogP contribution < -0.4 is 10.6 Å². The number of benzene rings is 2. The summed E-state index contributed by atoms with van der Waals surface area (Å²) >= 11 is 0. The standard InChI is InChI=1S/C22H22FN3O/c1-2-16-5-10-20(11-6-16)26-22(27)18-7-12-21(25-15-18)24-14-13-17-3-8-19(23)9-4-17/h3-12,15H,2,13-14H2,1H3,(H,24,25)(H,26,27). The fourth-order valence-corrected chi connectivity index (χ4v) is 2.65. The Labute approximate surface area is 158 Å². The van der Waals surface area contributed by atoms with E-state index >= 15 is 0 Å². The molecule has 0 unspecified atom stereocenters. The van der Waals surface area contributed by atoms with Crippen molar-refractivity contribution in [3.8, 4) is 0 Å². The summed E-state index contributed by atoms with van der Waals surface area (Å²) < 4.78 is 12.9. The molecular formula is C22H22FN3O. The first kappa shape index (κ1) is 18.6. The Hall–Kier alpha value is -3.21. The molecule has 1 aromatic heterocycles. The first-order valence-corrected chi connectivity index (χ1v) is 8.98. The van der Waals surface area contributed by atoms with E-state index in [9.17, 15) is 9.18 Å². The second kappa shape index (κ2) is 8.94. The molecule has 0 radical (unpaired) electrons. The van der Waals surface area contributed by atoms with Crippen molar-refractivity contribution >= 4 is 17.4 Å². The van der Waals surface area contributed by atoms with Crippen LogP contribution in [0.15, 0.2) is 66.9 Å². The van der Waals surface area contributed by atoms with Gasteiger partial charge in [-0.1, -0.05) is 31.2 Å². The third kappa shape index (κ3) is 5.38. The maximum Gasteiger partial charge on any atom is 0.257 e. The Kier molecular flexibility index (Phi) is 6.15. The Morgan fingerprint density at radius 3 is 2.30 bits per heavy atom. The van der Waals surface area contributed by atoms with Gasteiger partial charge in [0.05, 0.1) is 5.56 Å². The van der Waals surface area contributed by atoms with Crippen molar-refractivity contribution in [1.29, 1.82) is 0 Å². The lowest BCUT2D eigenvalue weighted by Gasteiger charge is -2.08. The molecule has 5 heteroatoms. The number of aryl methyl sites for hydroxylation is 1. The topological polar surface area (TPSA) is 54.0 Å². The summed E-state index contributed by atoms with van der Waals surface area (Å²) in [6.45, 7) is 2.77. The summed E-state index contributed by atoms with van der Waals surface area (Å²) in [6.07, 6.45) is 3.28. The van der Waals surface area contributed by atoms with E-state index in [1.807, 2.05) is 24.3 Å². The summed E-state index contributed by atoms with van der Waals surface area (Å²) in [7, 11) is 0. The summed E-state index contributed by atoms with van der Waals surface area (Å²) in [5, 5.41) is 6.07. The largest absolute Gasteiger partial charge is 0.370 e. The molecular weight excluding hydrogens is 341 g/mol. The lowest BCUT2D eigenvalue weighted by atomic mass is 10.1. The van der Waals surface area contributed by atoms with Crippen molar-refractivity contribution in [2.24, 2.45) is 0 Å². The number of hydrogen-bond donors (Lipinski definition) is 2. The van der Waals surface area contributed by atoms with Crippen LogP contribution in [0.5, 0.6) is 0 Å². The molecule has 3 rings (SSSR count). The van der Waals surface area contributed by atoms with Crippen molar-refractivity contribution in [2.75, 3.05) is 17.2 Å². The van der Waals surface area contributed by atoms with E-state index < -0.39 is 0 Å². The van der Waals surface area contributed by atoms with E-state index in [0.29, 0.717) is 17.9 Å². The Bertz CT molecular complexity index is 875. The van der Waals surface area contributed by atoms with Gasteiger partial charge in [0, 0.05) is 18.4 Å². The number of amides is 1. The summed E-state index contributed by atoms with van der Waals surface area (Å²) in [4.78, 5) is 16.6. The van der Waals surface area contributed by atoms with Crippen LogP contribution in [0.3, 0.4) is 0 Å². The van der Waals surface area contributed by atoms with Crippen LogP contribution in [-0.2, 0) is 12.8 Å². The van der Waals surface area contributed by atoms with Crippen molar-refractivity contribution < 1.29 is 9.18 Å². The number of carbonyl (C=O) groups excluding carboxylic acids is 1. The zero-order chi connectivity index (χ0) is 19.1. The fraction of sp³-hybridized carbons (Fsp3) is 0.182. The SMILES string of the molecule is CCc1ccc(NC(=O)c2ccc(NCCc3ccc(F)cc3)nc2)cc1. The molecule has 1 heterocycles. The molecule has 0 aliphatic rings. The molecule has 0 fully saturated rings. The molecule has 0 saturated heterocycles. The van der Waals surface area contributed by atoms with Gasteiger partial charge in [-0.05, 0) is 60.4 Å². The summed E-state index contributed by atoms with van der Waals surface area (Å²) in [5.74, 6) is 0.272. The average molecular weight is 363 g/mol. The number of nitrogens with one attached hydrogen (secondary N) is 2. The highest BCUT2D eigenvalue weighted by atomic mass is 19.1. The van der Waals surface area contributed by atoms with Gasteiger partial charge in [-0.2, -0.15) is 0 Å². The minimum absolute atomic E-state index is 0.190. The first-order chi connectivity index (χ1) is 13.1. The van der Waals surface area contributed by atoms with Crippen molar-refractivity contribution in [3.05, 3.63) is 89.4 Å². The number of hydrogen-bond acceptors (Lipinski definition) is 3. The minimum atomic E-state index is -0.233. The van der Waals surface area contributed by atoms with Gasteiger partial charge in [0.1, 0.15) is 11.6 Å². The maximum atomic E-state index is 12.9. The van der Waals surface area contributed by atoms with Gasteiger partial charge in [0.2, 0.25) is 0 Å². The molecule has 0 aliphatic carbocycles. The van der Waals surface area contributed by atoms with Crippen LogP contribution in [0.4, 0.5) is 15.9 Å². The number of aromatic nitrogens is 1. The minimum Gasteiger partial charge on any atom is -0.370 e. The highest BCUT2D eigenvalue weighted by Gasteiger charge is 2.07. The van der Waals surface area contributed by atoms with E-state index in [1.165, 1.54) is 17.7 Å². The van der Waals surface area contributed by atoms with Gasteiger partial charge >= 0.3 is 0 Å². The van der Waals surface area contributed by atoms with Crippen molar-refractivity contribution in [3.63, 3.8) is 0 Å². The van der Waals surface area contributed by atoms with E-state index in [4.69, 9.17) is 0 Å². The Morgan fingerprint density at radius 1 is 0.963 bits per heavy atom. The maximum absolute atomic E-state index is 12.9. The van der Waals surface area contributed by atoms with Crippen molar-refractivity contribution in [1.82, 2.24) is 4.98 Å². The summed E-state index contributed by atoms with van der Waals surface area (Å²) in [6, 6.07) is 17.8. The van der Waals surface area contributed by atoms with Crippen LogP contribution >= 0.6 is 0 Å². The van der Waals surface area contributed by atoms with Crippen LogP contribution in [0.1, 0.15) is 28.4 Å². The molecule has 0 spiro atoms. The molecule has 2 aromatic carbocycles. The Morgan fingerprint density at radius 2 is 1.67 bits per heavy atom. The highest BCUT2D eigenvalue weighted by Crippen LogP contribution is 2.13. The number of carbonyl (C=O) groups is 1. The van der Waals surface area contributed by atoms with E-state index in [1.54, 1.807) is 30.5 Å². The lowest BCUT2D eigenvalue weighted by Crippen LogP contribution is -2.13. The Balaban J connectivity index is 1.51. The zero-order valence-electron chi connectivity index (χ0n) is 15.2. The van der Waals surface area contributed by atoms with Crippen LogP contribution in [0.25, 0.3) is 0 Å². The zero-order valence-corrected chi connectivity index (χ0v) is 15.2. The van der Waals surface area contributed by atoms with Crippen molar-refractivity contribution in [2.45, 2.75) is 19.8 Å². The predicted molar refractivity (Wildman–Crippen MR) is 107 cm³/mol. The van der Waals surface area contributed by atoms with Gasteiger partial charge in [-0.3, -0.25) is 4.79 Å². The lowest BCUT2D eigenvalue weighted by molar-refractivity contribution is 0.102. The van der Waals surface area contributed by atoms with Gasteiger partial charge in [0.25, 0.3) is 5.91 Å². The van der Waals surface area contributed by atoms with Crippen LogP contribution in [-0.4, -0.2) is 17.4 Å². The smallest absolute Gasteiger partial charge is 0.257 e. The number of halogens is 1. The number of rotatable bonds is 7. The monoisotopic (exact) mass is 363 g/mol. The van der Waals surface area contributed by atoms with Gasteiger partial charge < -0.3 is 10.6 Å². The van der Waals surface area contributed by atoms with E-state index in [0.717, 1.165) is 24.1 Å². The molecule has 0 saturated carbocycles. The molecule has 27 heavy (non-hydrogen) atoms. The number of pyridine rings is 1. The van der Waals surface area contributed by atoms with Gasteiger partial charge in [-0.25, -0.2) is 9.37 Å². The second-order valence-electron chi connectivity index (χ2n) is 6.24. The quantitative estimate of drug-likeness (QED) is 0.640. The summed E-state index contributed by atoms with van der Waals surface area (Å²) in [5.41, 5.74) is 3.54. The molecule has 3 aromatic rings. The third-order valence-electron chi connectivity index (χ3n) is 4.28. The first-order valence-electron chi connectivity index (χ1n) is 8.98. The third-order valence-corrected chi connectivity index (χ3v) is 4.28. The van der Waals surface area contributed by atoms with Crippen LogP contribution in [0, 0.1) is 5.82 Å². The van der Waals surface area contributed by atoms with Crippen LogP contribution in [0.2, 0.25) is 0 Å². The molecule has 0 bridgehead atoms. The van der Waals surface area contributed by atoms with E-state index in [-0.39, 0.29) is 11.7 Å². The normalized spacial score (nSPS) is 10.4. The fourth-order valence-electron chi connectivity index (χ4n) is 2.65. The molecule has 2 N–H and O–H groups in total. The van der Waals surface area contributed by atoms with E-state index in [2.05, 4.69) is 22.5 Å². The average Bonchev–Trinajstić information content (AvgIpc) is 2.70. The van der Waals surface area contributed by atoms with Gasteiger partial charge in [-0.15, -0.1) is 0 Å². The molecule has 1 amide bonds.